The first-order chi connectivity index (χ1) is 9.29. The molecular weight excluding hydrogens is 316 g/mol. The summed E-state index contributed by atoms with van der Waals surface area (Å²) < 4.78 is 1.06. The smallest absolute Gasteiger partial charge is 0.237 e. The van der Waals surface area contributed by atoms with Gasteiger partial charge in [-0.1, -0.05) is 68.2 Å². The van der Waals surface area contributed by atoms with E-state index in [1.807, 2.05) is 32.0 Å². The molecular formula is C16H25BrN2O. The molecule has 0 saturated heterocycles. The van der Waals surface area contributed by atoms with Crippen LogP contribution in [0.3, 0.4) is 0 Å². The molecule has 0 aliphatic carbocycles. The molecule has 2 unspecified atom stereocenters. The highest BCUT2D eigenvalue weighted by Crippen LogP contribution is 2.29. The SMILES string of the molecule is CCC(C)C(N)C(=O)NCC(C)(C)c1ccccc1Br. The van der Waals surface area contributed by atoms with E-state index in [9.17, 15) is 4.79 Å². The highest BCUT2D eigenvalue weighted by Gasteiger charge is 2.26. The molecule has 20 heavy (non-hydrogen) atoms. The Balaban J connectivity index is 2.69. The van der Waals surface area contributed by atoms with Crippen LogP contribution in [-0.4, -0.2) is 18.5 Å². The maximum Gasteiger partial charge on any atom is 0.237 e. The number of nitrogens with two attached hydrogens (primary N) is 1. The second kappa shape index (κ2) is 7.23. The molecule has 0 fully saturated rings. The van der Waals surface area contributed by atoms with Gasteiger partial charge in [-0.3, -0.25) is 4.79 Å². The van der Waals surface area contributed by atoms with Gasteiger partial charge in [-0.2, -0.15) is 0 Å². The van der Waals surface area contributed by atoms with Gasteiger partial charge >= 0.3 is 0 Å². The van der Waals surface area contributed by atoms with E-state index in [0.717, 1.165) is 10.9 Å². The van der Waals surface area contributed by atoms with Gasteiger partial charge < -0.3 is 11.1 Å². The molecule has 0 radical (unpaired) electrons. The van der Waals surface area contributed by atoms with E-state index in [1.54, 1.807) is 0 Å². The van der Waals surface area contributed by atoms with Crippen molar-refractivity contribution < 1.29 is 4.79 Å². The minimum Gasteiger partial charge on any atom is -0.354 e. The summed E-state index contributed by atoms with van der Waals surface area (Å²) >= 11 is 3.57. The molecule has 4 heteroatoms. The number of nitrogens with one attached hydrogen (secondary N) is 1. The average molecular weight is 341 g/mol. The van der Waals surface area contributed by atoms with Crippen LogP contribution in [0.1, 0.15) is 39.7 Å². The van der Waals surface area contributed by atoms with E-state index in [1.165, 1.54) is 5.56 Å². The minimum atomic E-state index is -0.435. The predicted molar refractivity (Wildman–Crippen MR) is 87.6 cm³/mol. The van der Waals surface area contributed by atoms with E-state index in [4.69, 9.17) is 5.73 Å². The highest BCUT2D eigenvalue weighted by molar-refractivity contribution is 9.10. The van der Waals surface area contributed by atoms with Crippen molar-refractivity contribution in [2.24, 2.45) is 11.7 Å². The molecule has 0 bridgehead atoms. The lowest BCUT2D eigenvalue weighted by Crippen LogP contribution is -2.48. The van der Waals surface area contributed by atoms with Crippen molar-refractivity contribution in [2.45, 2.75) is 45.6 Å². The second-order valence-electron chi connectivity index (χ2n) is 5.99. The topological polar surface area (TPSA) is 55.1 Å². The summed E-state index contributed by atoms with van der Waals surface area (Å²) in [6.45, 7) is 8.84. The van der Waals surface area contributed by atoms with Gasteiger partial charge in [-0.25, -0.2) is 0 Å². The molecule has 0 aliphatic rings. The van der Waals surface area contributed by atoms with E-state index in [0.29, 0.717) is 6.54 Å². The fourth-order valence-corrected chi connectivity index (χ4v) is 2.87. The standard InChI is InChI=1S/C16H25BrN2O/c1-5-11(2)14(18)15(20)19-10-16(3,4)12-8-6-7-9-13(12)17/h6-9,11,14H,5,10,18H2,1-4H3,(H,19,20). The molecule has 3 N–H and O–H groups in total. The Morgan fingerprint density at radius 1 is 1.40 bits per heavy atom. The molecule has 0 aliphatic heterocycles. The Kier molecular flexibility index (Phi) is 6.21. The molecule has 1 aromatic carbocycles. The number of rotatable bonds is 6. The molecule has 2 atom stereocenters. The van der Waals surface area contributed by atoms with Gasteiger partial charge in [0.1, 0.15) is 0 Å². The van der Waals surface area contributed by atoms with Crippen molar-refractivity contribution in [3.8, 4) is 0 Å². The Morgan fingerprint density at radius 2 is 2.00 bits per heavy atom. The van der Waals surface area contributed by atoms with Gasteiger partial charge in [0.05, 0.1) is 6.04 Å². The van der Waals surface area contributed by atoms with Crippen molar-refractivity contribution in [3.05, 3.63) is 34.3 Å². The normalized spacial score (nSPS) is 14.7. The zero-order chi connectivity index (χ0) is 15.3. The first-order valence-corrected chi connectivity index (χ1v) is 7.87. The lowest BCUT2D eigenvalue weighted by atomic mass is 9.84. The van der Waals surface area contributed by atoms with Gasteiger partial charge in [0.25, 0.3) is 0 Å². The van der Waals surface area contributed by atoms with Gasteiger partial charge in [-0.15, -0.1) is 0 Å². The maximum atomic E-state index is 12.1. The quantitative estimate of drug-likeness (QED) is 0.835. The number of hydrogen-bond donors (Lipinski definition) is 2. The summed E-state index contributed by atoms with van der Waals surface area (Å²) in [5.74, 6) is 0.126. The molecule has 112 valence electrons. The summed E-state index contributed by atoms with van der Waals surface area (Å²) in [6.07, 6.45) is 0.905. The Morgan fingerprint density at radius 3 is 2.55 bits per heavy atom. The lowest BCUT2D eigenvalue weighted by Gasteiger charge is -2.28. The van der Waals surface area contributed by atoms with Gasteiger partial charge in [0, 0.05) is 16.4 Å². The zero-order valence-corrected chi connectivity index (χ0v) is 14.3. The van der Waals surface area contributed by atoms with Gasteiger partial charge in [0.2, 0.25) is 5.91 Å². The van der Waals surface area contributed by atoms with Crippen molar-refractivity contribution in [1.82, 2.24) is 5.32 Å². The van der Waals surface area contributed by atoms with Crippen LogP contribution in [0.2, 0.25) is 0 Å². The first kappa shape index (κ1) is 17.2. The minimum absolute atomic E-state index is 0.0699. The monoisotopic (exact) mass is 340 g/mol. The number of hydrogen-bond acceptors (Lipinski definition) is 2. The fourth-order valence-electron chi connectivity index (χ4n) is 2.04. The highest BCUT2D eigenvalue weighted by atomic mass is 79.9. The van der Waals surface area contributed by atoms with Crippen molar-refractivity contribution in [3.63, 3.8) is 0 Å². The Hall–Kier alpha value is -0.870. The number of benzene rings is 1. The van der Waals surface area contributed by atoms with Crippen LogP contribution in [0, 0.1) is 5.92 Å². The lowest BCUT2D eigenvalue weighted by molar-refractivity contribution is -0.123. The average Bonchev–Trinajstić information content (AvgIpc) is 2.43. The third-order valence-corrected chi connectivity index (χ3v) is 4.56. The Bertz CT molecular complexity index is 460. The van der Waals surface area contributed by atoms with Crippen molar-refractivity contribution in [2.75, 3.05) is 6.54 Å². The van der Waals surface area contributed by atoms with Crippen LogP contribution >= 0.6 is 15.9 Å². The van der Waals surface area contributed by atoms with Crippen LogP contribution in [0.5, 0.6) is 0 Å². The number of carbonyl (C=O) groups is 1. The largest absolute Gasteiger partial charge is 0.354 e. The summed E-state index contributed by atoms with van der Waals surface area (Å²) in [5.41, 5.74) is 6.98. The molecule has 1 aromatic rings. The number of amides is 1. The van der Waals surface area contributed by atoms with E-state index >= 15 is 0 Å². The molecule has 1 rings (SSSR count). The van der Waals surface area contributed by atoms with Gasteiger partial charge in [-0.05, 0) is 17.5 Å². The fraction of sp³-hybridized carbons (Fsp3) is 0.562. The maximum absolute atomic E-state index is 12.1. The summed E-state index contributed by atoms with van der Waals surface area (Å²) in [4.78, 5) is 12.1. The number of carbonyl (C=O) groups excluding carboxylic acids is 1. The molecule has 0 heterocycles. The van der Waals surface area contributed by atoms with Crippen LogP contribution in [0.4, 0.5) is 0 Å². The van der Waals surface area contributed by atoms with E-state index in [2.05, 4.69) is 41.2 Å². The second-order valence-corrected chi connectivity index (χ2v) is 6.85. The van der Waals surface area contributed by atoms with Crippen LogP contribution < -0.4 is 11.1 Å². The molecule has 0 aromatic heterocycles. The first-order valence-electron chi connectivity index (χ1n) is 7.08. The van der Waals surface area contributed by atoms with E-state index in [-0.39, 0.29) is 17.2 Å². The summed E-state index contributed by atoms with van der Waals surface area (Å²) in [7, 11) is 0. The summed E-state index contributed by atoms with van der Waals surface area (Å²) in [5, 5.41) is 2.98. The summed E-state index contributed by atoms with van der Waals surface area (Å²) in [6, 6.07) is 7.65. The molecule has 0 saturated carbocycles. The van der Waals surface area contributed by atoms with Crippen LogP contribution in [0.15, 0.2) is 28.7 Å². The van der Waals surface area contributed by atoms with Gasteiger partial charge in [0.15, 0.2) is 0 Å². The third kappa shape index (κ3) is 4.32. The number of halogens is 1. The van der Waals surface area contributed by atoms with E-state index < -0.39 is 6.04 Å². The van der Waals surface area contributed by atoms with Crippen molar-refractivity contribution in [1.29, 1.82) is 0 Å². The molecule has 1 amide bonds. The van der Waals surface area contributed by atoms with Crippen LogP contribution in [0.25, 0.3) is 0 Å². The molecule has 0 spiro atoms. The predicted octanol–water partition coefficient (Wildman–Crippen LogP) is 3.22. The zero-order valence-electron chi connectivity index (χ0n) is 12.7. The van der Waals surface area contributed by atoms with Crippen LogP contribution in [-0.2, 0) is 10.2 Å². The van der Waals surface area contributed by atoms with Crippen molar-refractivity contribution >= 4 is 21.8 Å². The Labute approximate surface area is 130 Å². The molecule has 3 nitrogen and oxygen atoms in total. The third-order valence-electron chi connectivity index (χ3n) is 3.87.